The molecular weight excluding hydrogens is 490 g/mol. The smallest absolute Gasteiger partial charge is 0.300 e. The molecule has 0 saturated carbocycles. The molecule has 0 radical (unpaired) electrons. The first-order valence-corrected chi connectivity index (χ1v) is 12.4. The molecule has 0 bridgehead atoms. The molecule has 192 valence electrons. The van der Waals surface area contributed by atoms with Crippen molar-refractivity contribution in [1.82, 2.24) is 0 Å². The Labute approximate surface area is 222 Å². The number of carbonyl (C=O) groups is 2. The lowest BCUT2D eigenvalue weighted by Gasteiger charge is -2.27. The van der Waals surface area contributed by atoms with Crippen LogP contribution in [-0.2, 0) is 9.59 Å². The molecule has 1 N–H and O–H groups in total. The van der Waals surface area contributed by atoms with Crippen molar-refractivity contribution in [3.05, 3.63) is 93.0 Å². The summed E-state index contributed by atoms with van der Waals surface area (Å²) in [6.45, 7) is 7.73. The monoisotopic (exact) mass is 519 g/mol. The van der Waals surface area contributed by atoms with Crippen LogP contribution in [0.3, 0.4) is 0 Å². The van der Waals surface area contributed by atoms with E-state index in [0.29, 0.717) is 38.9 Å². The van der Waals surface area contributed by atoms with E-state index in [0.717, 1.165) is 11.1 Å². The van der Waals surface area contributed by atoms with Crippen molar-refractivity contribution < 1.29 is 24.2 Å². The molecule has 3 aromatic carbocycles. The summed E-state index contributed by atoms with van der Waals surface area (Å²) < 4.78 is 11.1. The number of aryl methyl sites for hydroxylation is 2. The number of nitrogens with zero attached hydrogens (tertiary/aromatic N) is 1. The number of amides is 1. The van der Waals surface area contributed by atoms with Crippen LogP contribution < -0.4 is 14.4 Å². The highest BCUT2D eigenvalue weighted by molar-refractivity contribution is 6.52. The fraction of sp³-hybridized carbons (Fsp3) is 0.267. The number of hydrogen-bond donors (Lipinski definition) is 1. The Kier molecular flexibility index (Phi) is 7.32. The molecule has 7 heteroatoms. The van der Waals surface area contributed by atoms with Gasteiger partial charge in [0, 0.05) is 21.8 Å². The van der Waals surface area contributed by atoms with Crippen molar-refractivity contribution >= 4 is 34.7 Å². The van der Waals surface area contributed by atoms with E-state index >= 15 is 0 Å². The van der Waals surface area contributed by atoms with E-state index in [1.807, 2.05) is 39.8 Å². The summed E-state index contributed by atoms with van der Waals surface area (Å²) in [7, 11) is 3.12. The second kappa shape index (κ2) is 10.3. The summed E-state index contributed by atoms with van der Waals surface area (Å²) in [6, 6.07) is 15.1. The van der Waals surface area contributed by atoms with Gasteiger partial charge in [0.2, 0.25) is 0 Å². The molecule has 3 aromatic rings. The maximum atomic E-state index is 13.6. The van der Waals surface area contributed by atoms with Crippen LogP contribution in [0.2, 0.25) is 5.02 Å². The molecule has 1 aliphatic heterocycles. The van der Waals surface area contributed by atoms with Crippen LogP contribution >= 0.6 is 11.6 Å². The Morgan fingerprint density at radius 1 is 0.946 bits per heavy atom. The minimum Gasteiger partial charge on any atom is -0.507 e. The third-order valence-electron chi connectivity index (χ3n) is 6.77. The highest BCUT2D eigenvalue weighted by Gasteiger charge is 2.48. The Hall–Kier alpha value is -3.77. The van der Waals surface area contributed by atoms with Crippen molar-refractivity contribution in [3.63, 3.8) is 0 Å². The third kappa shape index (κ3) is 4.58. The molecule has 4 rings (SSSR count). The summed E-state index contributed by atoms with van der Waals surface area (Å²) in [5, 5.41) is 12.2. The highest BCUT2D eigenvalue weighted by atomic mass is 35.5. The van der Waals surface area contributed by atoms with Crippen LogP contribution in [0, 0.1) is 13.8 Å². The van der Waals surface area contributed by atoms with E-state index < -0.39 is 17.7 Å². The Morgan fingerprint density at radius 3 is 2.24 bits per heavy atom. The summed E-state index contributed by atoms with van der Waals surface area (Å²) in [5.74, 6) is -0.516. The fourth-order valence-electron chi connectivity index (χ4n) is 4.74. The molecule has 1 fully saturated rings. The minimum atomic E-state index is -0.932. The zero-order valence-electron chi connectivity index (χ0n) is 21.8. The van der Waals surface area contributed by atoms with Gasteiger partial charge in [0.1, 0.15) is 17.3 Å². The lowest BCUT2D eigenvalue weighted by molar-refractivity contribution is -0.132. The van der Waals surface area contributed by atoms with Gasteiger partial charge in [-0.25, -0.2) is 0 Å². The van der Waals surface area contributed by atoms with Gasteiger partial charge in [0.15, 0.2) is 0 Å². The van der Waals surface area contributed by atoms with Gasteiger partial charge < -0.3 is 14.6 Å². The van der Waals surface area contributed by atoms with Crippen molar-refractivity contribution in [2.45, 2.75) is 39.7 Å². The molecule has 1 saturated heterocycles. The van der Waals surface area contributed by atoms with E-state index in [4.69, 9.17) is 21.1 Å². The number of aliphatic hydroxyl groups is 1. The molecule has 1 aliphatic rings. The van der Waals surface area contributed by atoms with Gasteiger partial charge >= 0.3 is 0 Å². The average molecular weight is 520 g/mol. The summed E-state index contributed by atoms with van der Waals surface area (Å²) >= 11 is 6.40. The van der Waals surface area contributed by atoms with Crippen LogP contribution in [0.15, 0.2) is 60.2 Å². The topological polar surface area (TPSA) is 76.1 Å². The van der Waals surface area contributed by atoms with Gasteiger partial charge in [-0.3, -0.25) is 14.5 Å². The normalized spacial score (nSPS) is 17.0. The summed E-state index contributed by atoms with van der Waals surface area (Å²) in [4.78, 5) is 28.5. The van der Waals surface area contributed by atoms with Crippen molar-refractivity contribution in [3.8, 4) is 11.5 Å². The van der Waals surface area contributed by atoms with Gasteiger partial charge in [-0.1, -0.05) is 49.7 Å². The first-order chi connectivity index (χ1) is 17.6. The molecule has 0 spiro atoms. The number of carbonyl (C=O) groups excluding carboxylic acids is 2. The van der Waals surface area contributed by atoms with Crippen molar-refractivity contribution in [2.24, 2.45) is 0 Å². The van der Waals surface area contributed by atoms with Crippen LogP contribution in [0.1, 0.15) is 53.6 Å². The number of rotatable bonds is 6. The minimum absolute atomic E-state index is 0.0193. The van der Waals surface area contributed by atoms with Crippen molar-refractivity contribution in [2.75, 3.05) is 19.1 Å². The molecule has 1 amide bonds. The Morgan fingerprint density at radius 2 is 1.62 bits per heavy atom. The maximum absolute atomic E-state index is 13.6. The molecule has 1 atom stereocenters. The first kappa shape index (κ1) is 26.3. The van der Waals surface area contributed by atoms with Crippen LogP contribution in [0.25, 0.3) is 5.76 Å². The molecule has 37 heavy (non-hydrogen) atoms. The summed E-state index contributed by atoms with van der Waals surface area (Å²) in [5.41, 5.74) is 3.88. The zero-order valence-corrected chi connectivity index (χ0v) is 22.5. The quantitative estimate of drug-likeness (QED) is 0.222. The van der Waals surface area contributed by atoms with Gasteiger partial charge in [-0.2, -0.15) is 0 Å². The van der Waals surface area contributed by atoms with E-state index in [1.165, 1.54) is 12.0 Å². The van der Waals surface area contributed by atoms with Crippen LogP contribution in [-0.4, -0.2) is 31.0 Å². The fourth-order valence-corrected chi connectivity index (χ4v) is 4.92. The number of halogens is 1. The zero-order chi connectivity index (χ0) is 27.0. The molecular formula is C30H30ClNO5. The van der Waals surface area contributed by atoms with Gasteiger partial charge in [0.05, 0.1) is 25.8 Å². The molecule has 1 unspecified atom stereocenters. The Balaban J connectivity index is 2.03. The lowest BCUT2D eigenvalue weighted by atomic mass is 9.90. The van der Waals surface area contributed by atoms with Crippen molar-refractivity contribution in [1.29, 1.82) is 0 Å². The molecule has 6 nitrogen and oxygen atoms in total. The average Bonchev–Trinajstić information content (AvgIpc) is 3.14. The van der Waals surface area contributed by atoms with Gasteiger partial charge in [-0.05, 0) is 66.8 Å². The lowest BCUT2D eigenvalue weighted by Crippen LogP contribution is -2.29. The largest absolute Gasteiger partial charge is 0.507 e. The van der Waals surface area contributed by atoms with E-state index in [1.54, 1.807) is 49.6 Å². The predicted molar refractivity (Wildman–Crippen MR) is 146 cm³/mol. The number of Topliss-reactive ketones (excluding diaryl/α,β-unsaturated/α-hetero) is 1. The number of hydrogen-bond acceptors (Lipinski definition) is 5. The first-order valence-electron chi connectivity index (χ1n) is 12.0. The summed E-state index contributed by atoms with van der Waals surface area (Å²) in [6.07, 6.45) is 0. The number of ether oxygens (including phenoxy) is 2. The van der Waals surface area contributed by atoms with E-state index in [2.05, 4.69) is 0 Å². The van der Waals surface area contributed by atoms with E-state index in [-0.39, 0.29) is 17.3 Å². The maximum Gasteiger partial charge on any atom is 0.300 e. The molecule has 0 aromatic heterocycles. The SMILES string of the molecule is COc1cc(C)c(/C(O)=C2\C(=O)C(=O)N(c3ccc(C)c(Cl)c3)C2c2ccccc2OC)cc1C(C)C. The number of para-hydroxylation sites is 1. The highest BCUT2D eigenvalue weighted by Crippen LogP contribution is 2.46. The van der Waals surface area contributed by atoms with Gasteiger partial charge in [-0.15, -0.1) is 0 Å². The van der Waals surface area contributed by atoms with Gasteiger partial charge in [0.25, 0.3) is 11.7 Å². The number of aliphatic hydroxyl groups excluding tert-OH is 1. The number of ketones is 1. The number of benzene rings is 3. The predicted octanol–water partition coefficient (Wildman–Crippen LogP) is 6.72. The number of anilines is 1. The molecule has 1 heterocycles. The van der Waals surface area contributed by atoms with Crippen LogP contribution in [0.4, 0.5) is 5.69 Å². The number of methoxy groups -OCH3 is 2. The Bertz CT molecular complexity index is 1430. The van der Waals surface area contributed by atoms with E-state index in [9.17, 15) is 14.7 Å². The third-order valence-corrected chi connectivity index (χ3v) is 7.17. The second-order valence-electron chi connectivity index (χ2n) is 9.41. The molecule has 0 aliphatic carbocycles. The second-order valence-corrected chi connectivity index (χ2v) is 9.82. The standard InChI is InChI=1S/C30H30ClNO5/c1-16(2)21-15-22(18(4)13-25(21)37-6)28(33)26-27(20-9-7-8-10-24(20)36-5)32(30(35)29(26)34)19-12-11-17(3)23(31)14-19/h7-16,27,33H,1-6H3/b28-26+. The van der Waals surface area contributed by atoms with Crippen LogP contribution in [0.5, 0.6) is 11.5 Å².